The summed E-state index contributed by atoms with van der Waals surface area (Å²) in [5.41, 5.74) is 0.118. The molecule has 4 atom stereocenters. The summed E-state index contributed by atoms with van der Waals surface area (Å²) in [6.07, 6.45) is 2.10. The number of rotatable bonds is 0. The smallest absolute Gasteiger partial charge is 0.408 e. The van der Waals surface area contributed by atoms with E-state index < -0.39 is 0 Å². The van der Waals surface area contributed by atoms with Gasteiger partial charge in [0.25, 0.3) is 0 Å². The molecular weight excluding hydrogens is 178 g/mol. The predicted octanol–water partition coefficient (Wildman–Crippen LogP) is 1.92. The van der Waals surface area contributed by atoms with Crippen LogP contribution in [0.1, 0.15) is 33.6 Å². The molecule has 2 bridgehead atoms. The number of hydrogen-bond acceptors (Lipinski definition) is 2. The van der Waals surface area contributed by atoms with E-state index in [1.54, 1.807) is 0 Å². The second kappa shape index (κ2) is 2.10. The maximum Gasteiger partial charge on any atom is 0.408 e. The van der Waals surface area contributed by atoms with Gasteiger partial charge < -0.3 is 10.1 Å². The minimum atomic E-state index is -0.241. The van der Waals surface area contributed by atoms with Crippen molar-refractivity contribution < 1.29 is 9.53 Å². The van der Waals surface area contributed by atoms with E-state index in [0.29, 0.717) is 11.3 Å². The van der Waals surface area contributed by atoms with Crippen molar-refractivity contribution >= 4 is 6.09 Å². The van der Waals surface area contributed by atoms with Gasteiger partial charge in [0, 0.05) is 5.92 Å². The SMILES string of the molecule is CC1(C)[C@@H]2C[C@H]3NC(=O)O[C@@]3(C)[C@H]1C2. The molecule has 0 aromatic rings. The van der Waals surface area contributed by atoms with Gasteiger partial charge in [-0.2, -0.15) is 0 Å². The second-order valence-electron chi connectivity index (χ2n) is 5.81. The molecule has 1 heterocycles. The van der Waals surface area contributed by atoms with Crippen LogP contribution in [0.2, 0.25) is 0 Å². The molecule has 3 aliphatic carbocycles. The Morgan fingerprint density at radius 1 is 1.36 bits per heavy atom. The van der Waals surface area contributed by atoms with Crippen molar-refractivity contribution in [2.24, 2.45) is 17.3 Å². The van der Waals surface area contributed by atoms with E-state index in [-0.39, 0.29) is 17.7 Å². The summed E-state index contributed by atoms with van der Waals surface area (Å²) in [5, 5.41) is 2.93. The van der Waals surface area contributed by atoms with E-state index in [9.17, 15) is 4.79 Å². The molecule has 4 aliphatic rings. The van der Waals surface area contributed by atoms with Crippen LogP contribution in [0.4, 0.5) is 4.79 Å². The van der Waals surface area contributed by atoms with E-state index in [0.717, 1.165) is 12.3 Å². The number of carbonyl (C=O) groups is 1. The van der Waals surface area contributed by atoms with Gasteiger partial charge in [-0.05, 0) is 31.1 Å². The quantitative estimate of drug-likeness (QED) is 0.641. The Labute approximate surface area is 84.2 Å². The predicted molar refractivity (Wildman–Crippen MR) is 51.8 cm³/mol. The minimum absolute atomic E-state index is 0.221. The molecule has 4 rings (SSSR count). The Balaban J connectivity index is 1.98. The molecule has 14 heavy (non-hydrogen) atoms. The van der Waals surface area contributed by atoms with Gasteiger partial charge in [-0.1, -0.05) is 13.8 Å². The highest BCUT2D eigenvalue weighted by atomic mass is 16.6. The number of alkyl carbamates (subject to hydrolysis) is 1. The largest absolute Gasteiger partial charge is 0.441 e. The van der Waals surface area contributed by atoms with Crippen LogP contribution in [0.3, 0.4) is 0 Å². The molecule has 3 nitrogen and oxygen atoms in total. The Morgan fingerprint density at radius 2 is 2.07 bits per heavy atom. The van der Waals surface area contributed by atoms with Crippen molar-refractivity contribution in [3.8, 4) is 0 Å². The number of carbonyl (C=O) groups excluding carboxylic acids is 1. The molecule has 3 heteroatoms. The van der Waals surface area contributed by atoms with E-state index in [2.05, 4.69) is 26.1 Å². The van der Waals surface area contributed by atoms with Gasteiger partial charge in [0.15, 0.2) is 0 Å². The summed E-state index contributed by atoms with van der Waals surface area (Å²) >= 11 is 0. The molecule has 1 aliphatic heterocycles. The fourth-order valence-corrected chi connectivity index (χ4v) is 3.87. The highest BCUT2D eigenvalue weighted by molar-refractivity contribution is 5.71. The average Bonchev–Trinajstić information content (AvgIpc) is 2.37. The summed E-state index contributed by atoms with van der Waals surface area (Å²) in [4.78, 5) is 11.3. The molecule has 0 unspecified atom stereocenters. The molecule has 1 saturated heterocycles. The highest BCUT2D eigenvalue weighted by Crippen LogP contribution is 2.64. The molecule has 0 aromatic carbocycles. The summed E-state index contributed by atoms with van der Waals surface area (Å²) in [5.74, 6) is 1.31. The number of ether oxygens (including phenoxy) is 1. The van der Waals surface area contributed by atoms with Gasteiger partial charge in [0.2, 0.25) is 0 Å². The number of nitrogens with one attached hydrogen (secondary N) is 1. The van der Waals surface area contributed by atoms with E-state index in [1.807, 2.05) is 0 Å². The molecule has 1 amide bonds. The maximum absolute atomic E-state index is 11.3. The van der Waals surface area contributed by atoms with E-state index in [4.69, 9.17) is 4.74 Å². The monoisotopic (exact) mass is 195 g/mol. The van der Waals surface area contributed by atoms with Crippen molar-refractivity contribution in [1.29, 1.82) is 0 Å². The van der Waals surface area contributed by atoms with Crippen LogP contribution in [0, 0.1) is 17.3 Å². The molecule has 3 saturated carbocycles. The number of amides is 1. The Bertz CT molecular complexity index is 312. The Kier molecular flexibility index (Phi) is 1.28. The van der Waals surface area contributed by atoms with Crippen molar-refractivity contribution in [1.82, 2.24) is 5.32 Å². The fourth-order valence-electron chi connectivity index (χ4n) is 3.87. The second-order valence-corrected chi connectivity index (χ2v) is 5.81. The van der Waals surface area contributed by atoms with Crippen molar-refractivity contribution in [3.63, 3.8) is 0 Å². The first-order valence-electron chi connectivity index (χ1n) is 5.44. The summed E-state index contributed by atoms with van der Waals surface area (Å²) < 4.78 is 5.49. The average molecular weight is 195 g/mol. The van der Waals surface area contributed by atoms with E-state index in [1.165, 1.54) is 6.42 Å². The van der Waals surface area contributed by atoms with Crippen LogP contribution in [-0.2, 0) is 4.74 Å². The first-order valence-corrected chi connectivity index (χ1v) is 5.44. The lowest BCUT2D eigenvalue weighted by Crippen LogP contribution is -2.66. The third kappa shape index (κ3) is 0.733. The molecule has 1 N–H and O–H groups in total. The zero-order valence-corrected chi connectivity index (χ0v) is 8.96. The van der Waals surface area contributed by atoms with E-state index >= 15 is 0 Å². The summed E-state index contributed by atoms with van der Waals surface area (Å²) in [6, 6.07) is 0.256. The Hall–Kier alpha value is -0.730. The van der Waals surface area contributed by atoms with Crippen LogP contribution >= 0.6 is 0 Å². The topological polar surface area (TPSA) is 38.3 Å². The van der Waals surface area contributed by atoms with Gasteiger partial charge in [0.1, 0.15) is 5.60 Å². The van der Waals surface area contributed by atoms with Crippen LogP contribution in [0.25, 0.3) is 0 Å². The van der Waals surface area contributed by atoms with Crippen molar-refractivity contribution in [3.05, 3.63) is 0 Å². The van der Waals surface area contributed by atoms with Gasteiger partial charge >= 0.3 is 6.09 Å². The van der Waals surface area contributed by atoms with Gasteiger partial charge in [-0.25, -0.2) is 4.79 Å². The third-order valence-corrected chi connectivity index (χ3v) is 4.98. The number of hydrogen-bond donors (Lipinski definition) is 1. The normalized spacial score (nSPS) is 52.8. The van der Waals surface area contributed by atoms with Gasteiger partial charge in [-0.15, -0.1) is 0 Å². The van der Waals surface area contributed by atoms with Crippen molar-refractivity contribution in [2.75, 3.05) is 0 Å². The standard InChI is InChI=1S/C11H17NO2/c1-10(2)6-4-7(10)11(3)8(5-6)12-9(13)14-11/h6-8H,4-5H2,1-3H3,(H,12,13)/t6-,7-,8+,11-/m0/s1. The summed E-state index contributed by atoms with van der Waals surface area (Å²) in [6.45, 7) is 6.70. The minimum Gasteiger partial charge on any atom is -0.441 e. The molecular formula is C11H17NO2. The first kappa shape index (κ1) is 8.57. The van der Waals surface area contributed by atoms with Crippen LogP contribution in [-0.4, -0.2) is 17.7 Å². The van der Waals surface area contributed by atoms with Crippen LogP contribution < -0.4 is 5.32 Å². The lowest BCUT2D eigenvalue weighted by molar-refractivity contribution is -0.185. The summed E-state index contributed by atoms with van der Waals surface area (Å²) in [7, 11) is 0. The molecule has 0 aromatic heterocycles. The zero-order valence-electron chi connectivity index (χ0n) is 8.96. The third-order valence-electron chi connectivity index (χ3n) is 4.98. The lowest BCUT2D eigenvalue weighted by atomic mass is 9.43. The molecule has 0 radical (unpaired) electrons. The van der Waals surface area contributed by atoms with Crippen LogP contribution in [0.15, 0.2) is 0 Å². The highest BCUT2D eigenvalue weighted by Gasteiger charge is 2.67. The van der Waals surface area contributed by atoms with Crippen molar-refractivity contribution in [2.45, 2.75) is 45.3 Å². The zero-order chi connectivity index (χ0) is 10.1. The van der Waals surface area contributed by atoms with Gasteiger partial charge in [0.05, 0.1) is 6.04 Å². The maximum atomic E-state index is 11.3. The molecule has 78 valence electrons. The molecule has 4 fully saturated rings. The lowest BCUT2D eigenvalue weighted by Gasteiger charge is -2.63. The van der Waals surface area contributed by atoms with Gasteiger partial charge in [-0.3, -0.25) is 0 Å². The molecule has 0 spiro atoms. The first-order chi connectivity index (χ1) is 6.44. The fraction of sp³-hybridized carbons (Fsp3) is 0.909. The Morgan fingerprint density at radius 3 is 2.71 bits per heavy atom. The van der Waals surface area contributed by atoms with Crippen LogP contribution in [0.5, 0.6) is 0 Å².